The first-order valence-corrected chi connectivity index (χ1v) is 11.9. The predicted molar refractivity (Wildman–Crippen MR) is 119 cm³/mol. The maximum atomic E-state index is 12.5. The molecule has 30 heavy (non-hydrogen) atoms. The highest BCUT2D eigenvalue weighted by Crippen LogP contribution is 2.18. The number of rotatable bonds is 12. The van der Waals surface area contributed by atoms with E-state index in [1.54, 1.807) is 48.6 Å². The normalized spacial score (nSPS) is 12.6. The van der Waals surface area contributed by atoms with Crippen molar-refractivity contribution < 1.29 is 22.7 Å². The lowest BCUT2D eigenvalue weighted by Crippen LogP contribution is -2.18. The Balaban J connectivity index is 1.95. The number of ether oxygens (including phenoxy) is 2. The summed E-state index contributed by atoms with van der Waals surface area (Å²) in [5, 5.41) is 0. The van der Waals surface area contributed by atoms with Crippen molar-refractivity contribution in [3.63, 3.8) is 0 Å². The SMILES string of the molecule is CCCCCC(C/C=C/CS(=O)(=O)c1ccc(OC)cc1)OC(=O)c1ccccc1. The van der Waals surface area contributed by atoms with Crippen LogP contribution in [0.4, 0.5) is 0 Å². The fourth-order valence-corrected chi connectivity index (χ4v) is 4.10. The van der Waals surface area contributed by atoms with Crippen molar-refractivity contribution in [2.24, 2.45) is 0 Å². The van der Waals surface area contributed by atoms with E-state index in [1.807, 2.05) is 6.07 Å². The number of methoxy groups -OCH3 is 1. The molecule has 0 aliphatic rings. The standard InChI is InChI=1S/C24H30O5S/c1-3-4-6-13-22(29-24(25)20-11-7-5-8-12-20)14-9-10-19-30(26,27)23-17-15-21(28-2)16-18-23/h5,7-12,15-18,22H,3-4,6,13-14,19H2,1-2H3/b10-9+. The second-order valence-corrected chi connectivity index (χ2v) is 9.09. The Morgan fingerprint density at radius 2 is 1.70 bits per heavy atom. The molecule has 0 spiro atoms. The molecule has 1 unspecified atom stereocenters. The van der Waals surface area contributed by atoms with Crippen LogP contribution in [0.25, 0.3) is 0 Å². The number of unbranched alkanes of at least 4 members (excludes halogenated alkanes) is 2. The van der Waals surface area contributed by atoms with Crippen molar-refractivity contribution in [3.05, 3.63) is 72.3 Å². The van der Waals surface area contributed by atoms with E-state index in [1.165, 1.54) is 19.2 Å². The summed E-state index contributed by atoms with van der Waals surface area (Å²) in [5.41, 5.74) is 0.518. The molecule has 1 atom stereocenters. The molecule has 0 saturated carbocycles. The van der Waals surface area contributed by atoms with Gasteiger partial charge in [-0.2, -0.15) is 0 Å². The number of esters is 1. The first-order valence-electron chi connectivity index (χ1n) is 10.2. The van der Waals surface area contributed by atoms with Gasteiger partial charge in [0, 0.05) is 6.42 Å². The average Bonchev–Trinajstić information content (AvgIpc) is 2.77. The van der Waals surface area contributed by atoms with Gasteiger partial charge in [0.15, 0.2) is 9.84 Å². The Morgan fingerprint density at radius 3 is 2.33 bits per heavy atom. The van der Waals surface area contributed by atoms with Crippen molar-refractivity contribution >= 4 is 15.8 Å². The van der Waals surface area contributed by atoms with E-state index in [4.69, 9.17) is 9.47 Å². The molecule has 2 aromatic rings. The highest BCUT2D eigenvalue weighted by Gasteiger charge is 2.16. The average molecular weight is 431 g/mol. The van der Waals surface area contributed by atoms with E-state index in [0.717, 1.165) is 25.7 Å². The summed E-state index contributed by atoms with van der Waals surface area (Å²) >= 11 is 0. The van der Waals surface area contributed by atoms with Gasteiger partial charge in [0.25, 0.3) is 0 Å². The van der Waals surface area contributed by atoms with Gasteiger partial charge < -0.3 is 9.47 Å². The smallest absolute Gasteiger partial charge is 0.338 e. The predicted octanol–water partition coefficient (Wildman–Crippen LogP) is 5.22. The van der Waals surface area contributed by atoms with E-state index in [0.29, 0.717) is 17.7 Å². The van der Waals surface area contributed by atoms with E-state index in [-0.39, 0.29) is 22.7 Å². The molecule has 0 aliphatic heterocycles. The fourth-order valence-electron chi connectivity index (χ4n) is 2.96. The Labute approximate surface area is 179 Å². The maximum absolute atomic E-state index is 12.5. The molecule has 6 heteroatoms. The molecule has 0 aliphatic carbocycles. The zero-order valence-corrected chi connectivity index (χ0v) is 18.4. The lowest BCUT2D eigenvalue weighted by Gasteiger charge is -2.16. The Morgan fingerprint density at radius 1 is 1.00 bits per heavy atom. The summed E-state index contributed by atoms with van der Waals surface area (Å²) in [5.74, 6) is 0.157. The number of carbonyl (C=O) groups excluding carboxylic acids is 1. The quantitative estimate of drug-likeness (QED) is 0.262. The summed E-state index contributed by atoms with van der Waals surface area (Å²) in [4.78, 5) is 12.6. The van der Waals surface area contributed by atoms with Crippen molar-refractivity contribution in [1.82, 2.24) is 0 Å². The highest BCUT2D eigenvalue weighted by molar-refractivity contribution is 7.91. The molecular formula is C24H30O5S. The maximum Gasteiger partial charge on any atom is 0.338 e. The molecule has 162 valence electrons. The Kier molecular flexibility index (Phi) is 9.61. The molecule has 0 saturated heterocycles. The van der Waals surface area contributed by atoms with Crippen molar-refractivity contribution in [1.29, 1.82) is 0 Å². The van der Waals surface area contributed by atoms with Crippen molar-refractivity contribution in [2.75, 3.05) is 12.9 Å². The number of hydrogen-bond donors (Lipinski definition) is 0. The molecule has 0 fully saturated rings. The molecule has 0 heterocycles. The Hall–Kier alpha value is -2.60. The van der Waals surface area contributed by atoms with Gasteiger partial charge in [-0.3, -0.25) is 0 Å². The van der Waals surface area contributed by atoms with Crippen LogP contribution in [0.3, 0.4) is 0 Å². The van der Waals surface area contributed by atoms with Crippen molar-refractivity contribution in [3.8, 4) is 5.75 Å². The molecule has 2 rings (SSSR count). The third-order valence-corrected chi connectivity index (χ3v) is 6.33. The minimum Gasteiger partial charge on any atom is -0.497 e. The van der Waals surface area contributed by atoms with Crippen LogP contribution in [0.1, 0.15) is 49.4 Å². The van der Waals surface area contributed by atoms with Gasteiger partial charge in [0.1, 0.15) is 11.9 Å². The molecular weight excluding hydrogens is 400 g/mol. The fraction of sp³-hybridized carbons (Fsp3) is 0.375. The van der Waals surface area contributed by atoms with Gasteiger partial charge in [0.2, 0.25) is 0 Å². The topological polar surface area (TPSA) is 69.7 Å². The number of carbonyl (C=O) groups is 1. The molecule has 0 bridgehead atoms. The lowest BCUT2D eigenvalue weighted by molar-refractivity contribution is 0.0283. The van der Waals surface area contributed by atoms with Crippen LogP contribution in [0.2, 0.25) is 0 Å². The van der Waals surface area contributed by atoms with Crippen LogP contribution < -0.4 is 4.74 Å². The van der Waals surface area contributed by atoms with Crippen LogP contribution >= 0.6 is 0 Å². The summed E-state index contributed by atoms with van der Waals surface area (Å²) in [6, 6.07) is 15.2. The zero-order chi connectivity index (χ0) is 21.8. The number of benzene rings is 2. The second-order valence-electron chi connectivity index (χ2n) is 7.05. The van der Waals surface area contributed by atoms with Crippen LogP contribution in [-0.2, 0) is 14.6 Å². The van der Waals surface area contributed by atoms with Crippen LogP contribution in [0.5, 0.6) is 5.75 Å². The van der Waals surface area contributed by atoms with E-state index >= 15 is 0 Å². The molecule has 2 aromatic carbocycles. The lowest BCUT2D eigenvalue weighted by atomic mass is 10.1. The van der Waals surface area contributed by atoms with Gasteiger partial charge in [-0.05, 0) is 49.2 Å². The van der Waals surface area contributed by atoms with E-state index < -0.39 is 9.84 Å². The second kappa shape index (κ2) is 12.2. The minimum absolute atomic E-state index is 0.104. The van der Waals surface area contributed by atoms with Crippen LogP contribution in [-0.4, -0.2) is 33.4 Å². The van der Waals surface area contributed by atoms with Crippen LogP contribution in [0.15, 0.2) is 71.6 Å². The monoisotopic (exact) mass is 430 g/mol. The van der Waals surface area contributed by atoms with Gasteiger partial charge in [-0.25, -0.2) is 13.2 Å². The van der Waals surface area contributed by atoms with Crippen LogP contribution in [0, 0.1) is 0 Å². The van der Waals surface area contributed by atoms with E-state index in [9.17, 15) is 13.2 Å². The van der Waals surface area contributed by atoms with E-state index in [2.05, 4.69) is 6.92 Å². The largest absolute Gasteiger partial charge is 0.497 e. The number of sulfone groups is 1. The molecule has 0 radical (unpaired) electrons. The highest BCUT2D eigenvalue weighted by atomic mass is 32.2. The summed E-state index contributed by atoms with van der Waals surface area (Å²) < 4.78 is 35.7. The number of hydrogen-bond acceptors (Lipinski definition) is 5. The molecule has 5 nitrogen and oxygen atoms in total. The van der Waals surface area contributed by atoms with Crippen molar-refractivity contribution in [2.45, 2.75) is 50.0 Å². The van der Waals surface area contributed by atoms with Gasteiger partial charge >= 0.3 is 5.97 Å². The first kappa shape index (κ1) is 23.7. The third kappa shape index (κ3) is 7.67. The summed E-state index contributed by atoms with van der Waals surface area (Å²) in [6.07, 6.45) is 7.48. The molecule has 0 amide bonds. The van der Waals surface area contributed by atoms with Gasteiger partial charge in [0.05, 0.1) is 23.3 Å². The molecule has 0 N–H and O–H groups in total. The first-order chi connectivity index (χ1) is 14.5. The van der Waals surface area contributed by atoms with Gasteiger partial charge in [-0.15, -0.1) is 0 Å². The summed E-state index contributed by atoms with van der Waals surface area (Å²) in [6.45, 7) is 2.12. The third-order valence-electron chi connectivity index (χ3n) is 4.71. The zero-order valence-electron chi connectivity index (χ0n) is 17.6. The Bertz CT molecular complexity index is 902. The summed E-state index contributed by atoms with van der Waals surface area (Å²) in [7, 11) is -1.88. The van der Waals surface area contributed by atoms with Gasteiger partial charge in [-0.1, -0.05) is 50.1 Å². The minimum atomic E-state index is -3.42. The molecule has 0 aromatic heterocycles.